The lowest BCUT2D eigenvalue weighted by atomic mass is 9.95. The van der Waals surface area contributed by atoms with Crippen LogP contribution in [0.2, 0.25) is 0 Å². The van der Waals surface area contributed by atoms with E-state index in [1.165, 1.54) is 28.8 Å². The van der Waals surface area contributed by atoms with Gasteiger partial charge in [-0.15, -0.1) is 10.2 Å². The number of aliphatic hydroxyl groups is 1. The number of halogens is 1. The topological polar surface area (TPSA) is 111 Å². The van der Waals surface area contributed by atoms with Gasteiger partial charge < -0.3 is 19.3 Å². The smallest absolute Gasteiger partial charge is 0.301 e. The van der Waals surface area contributed by atoms with Crippen LogP contribution in [-0.2, 0) is 15.3 Å². The van der Waals surface area contributed by atoms with Gasteiger partial charge in [-0.05, 0) is 79.4 Å². The standard InChI is InChI=1S/C37H40FN3O6S2/c1-4-7-9-21-47-29-19-14-26(22-30(29)45-6-3)32-31(33(42)25-12-17-28(18-13-25)46-20-8-5-2)34(43)35(44)41(32)36-39-40-37(49-36)48-23-24-10-15-27(38)16-11-24/h10-19,22,32,42H,4-9,20-21,23H2,1-3H3/t32-/m1/s1. The zero-order valence-electron chi connectivity index (χ0n) is 27.8. The van der Waals surface area contributed by atoms with Gasteiger partial charge >= 0.3 is 5.91 Å². The highest BCUT2D eigenvalue weighted by Gasteiger charge is 2.48. The van der Waals surface area contributed by atoms with E-state index in [0.717, 1.165) is 49.0 Å². The minimum absolute atomic E-state index is 0.0839. The number of benzene rings is 3. The van der Waals surface area contributed by atoms with Crippen molar-refractivity contribution < 1.29 is 33.3 Å². The zero-order chi connectivity index (χ0) is 34.8. The van der Waals surface area contributed by atoms with Crippen molar-refractivity contribution in [2.24, 2.45) is 0 Å². The molecule has 0 saturated carbocycles. The molecule has 9 nitrogen and oxygen atoms in total. The molecule has 0 bridgehead atoms. The maximum absolute atomic E-state index is 13.8. The lowest BCUT2D eigenvalue weighted by molar-refractivity contribution is -0.132. The fourth-order valence-corrected chi connectivity index (χ4v) is 7.07. The van der Waals surface area contributed by atoms with E-state index in [1.807, 2.05) is 6.92 Å². The zero-order valence-corrected chi connectivity index (χ0v) is 29.4. The molecule has 12 heteroatoms. The van der Waals surface area contributed by atoms with Crippen LogP contribution in [0.3, 0.4) is 0 Å². The van der Waals surface area contributed by atoms with Crippen LogP contribution in [0.1, 0.15) is 75.6 Å². The van der Waals surface area contributed by atoms with Crippen molar-refractivity contribution in [1.29, 1.82) is 0 Å². The first-order valence-corrected chi connectivity index (χ1v) is 18.3. The lowest BCUT2D eigenvalue weighted by Gasteiger charge is -2.23. The second-order valence-electron chi connectivity index (χ2n) is 11.4. The van der Waals surface area contributed by atoms with Crippen molar-refractivity contribution in [3.8, 4) is 17.2 Å². The fraction of sp³-hybridized carbons (Fsp3) is 0.351. The Morgan fingerprint density at radius 2 is 1.61 bits per heavy atom. The van der Waals surface area contributed by atoms with E-state index in [4.69, 9.17) is 14.2 Å². The van der Waals surface area contributed by atoms with Gasteiger partial charge in [-0.2, -0.15) is 0 Å². The number of ketones is 1. The van der Waals surface area contributed by atoms with Gasteiger partial charge in [0.1, 0.15) is 17.3 Å². The van der Waals surface area contributed by atoms with Crippen molar-refractivity contribution in [2.75, 3.05) is 24.7 Å². The van der Waals surface area contributed by atoms with Crippen LogP contribution in [0.4, 0.5) is 9.52 Å². The highest BCUT2D eigenvalue weighted by molar-refractivity contribution is 8.00. The van der Waals surface area contributed by atoms with Crippen molar-refractivity contribution in [1.82, 2.24) is 10.2 Å². The minimum atomic E-state index is -1.03. The molecule has 1 aromatic heterocycles. The number of hydrogen-bond donors (Lipinski definition) is 1. The number of rotatable bonds is 17. The van der Waals surface area contributed by atoms with Gasteiger partial charge in [0, 0.05) is 11.3 Å². The molecule has 2 heterocycles. The predicted molar refractivity (Wildman–Crippen MR) is 190 cm³/mol. The molecule has 1 aliphatic heterocycles. The number of amides is 1. The summed E-state index contributed by atoms with van der Waals surface area (Å²) in [6.45, 7) is 7.52. The number of Topliss-reactive ketones (excluding diaryl/α,β-unsaturated/α-hetero) is 1. The number of carbonyl (C=O) groups is 2. The van der Waals surface area contributed by atoms with E-state index >= 15 is 0 Å². The molecule has 1 amide bonds. The molecule has 49 heavy (non-hydrogen) atoms. The monoisotopic (exact) mass is 705 g/mol. The number of hydrogen-bond acceptors (Lipinski definition) is 10. The van der Waals surface area contributed by atoms with Crippen LogP contribution in [0.15, 0.2) is 76.6 Å². The van der Waals surface area contributed by atoms with Gasteiger partial charge in [-0.1, -0.05) is 74.4 Å². The molecule has 1 aliphatic rings. The number of unbranched alkanes of at least 4 members (excludes halogenated alkanes) is 3. The number of nitrogens with zero attached hydrogens (tertiary/aromatic N) is 3. The Kier molecular flexibility index (Phi) is 12.7. The van der Waals surface area contributed by atoms with Gasteiger partial charge in [0.05, 0.1) is 31.4 Å². The number of ether oxygens (including phenoxy) is 3. The normalized spacial score (nSPS) is 15.5. The number of aliphatic hydroxyl groups excluding tert-OH is 1. The van der Waals surface area contributed by atoms with E-state index in [9.17, 15) is 19.1 Å². The molecule has 0 unspecified atom stereocenters. The first-order valence-electron chi connectivity index (χ1n) is 16.5. The van der Waals surface area contributed by atoms with Crippen LogP contribution in [0.25, 0.3) is 5.76 Å². The molecular formula is C37H40FN3O6S2. The Morgan fingerprint density at radius 1 is 0.878 bits per heavy atom. The second-order valence-corrected chi connectivity index (χ2v) is 13.5. The van der Waals surface area contributed by atoms with Gasteiger partial charge in [0.25, 0.3) is 5.78 Å². The van der Waals surface area contributed by atoms with E-state index in [-0.39, 0.29) is 22.3 Å². The van der Waals surface area contributed by atoms with Crippen molar-refractivity contribution in [2.45, 2.75) is 69.0 Å². The van der Waals surface area contributed by atoms with Gasteiger partial charge in [-0.25, -0.2) is 4.39 Å². The van der Waals surface area contributed by atoms with Gasteiger partial charge in [-0.3, -0.25) is 14.5 Å². The highest BCUT2D eigenvalue weighted by Crippen LogP contribution is 2.46. The van der Waals surface area contributed by atoms with Crippen molar-refractivity contribution in [3.63, 3.8) is 0 Å². The molecule has 1 fully saturated rings. The number of carbonyl (C=O) groups excluding carboxylic acids is 2. The van der Waals surface area contributed by atoms with E-state index in [0.29, 0.717) is 58.3 Å². The lowest BCUT2D eigenvalue weighted by Crippen LogP contribution is -2.29. The first kappa shape index (κ1) is 35.9. The van der Waals surface area contributed by atoms with Gasteiger partial charge in [0.15, 0.2) is 15.8 Å². The van der Waals surface area contributed by atoms with Crippen LogP contribution in [0, 0.1) is 5.82 Å². The minimum Gasteiger partial charge on any atom is -0.507 e. The molecule has 3 aromatic carbocycles. The Hall–Kier alpha value is -4.42. The predicted octanol–water partition coefficient (Wildman–Crippen LogP) is 8.74. The molecule has 0 spiro atoms. The molecular weight excluding hydrogens is 666 g/mol. The maximum atomic E-state index is 13.8. The van der Waals surface area contributed by atoms with Crippen LogP contribution < -0.4 is 19.1 Å². The Labute approximate surface area is 294 Å². The first-order chi connectivity index (χ1) is 23.8. The third-order valence-corrected chi connectivity index (χ3v) is 9.93. The maximum Gasteiger partial charge on any atom is 0.301 e. The molecule has 4 aromatic rings. The SMILES string of the molecule is CCCCCOc1ccc([C@@H]2C(=C(O)c3ccc(OCCCC)cc3)C(=O)C(=O)N2c2nnc(SCc3ccc(F)cc3)s2)cc1OCC. The summed E-state index contributed by atoms with van der Waals surface area (Å²) in [6, 6.07) is 17.2. The van der Waals surface area contributed by atoms with Crippen LogP contribution in [0.5, 0.6) is 17.2 Å². The summed E-state index contributed by atoms with van der Waals surface area (Å²) < 4.78 is 31.7. The van der Waals surface area contributed by atoms with Crippen molar-refractivity contribution >= 4 is 45.7 Å². The fourth-order valence-electron chi connectivity index (χ4n) is 5.24. The average molecular weight is 706 g/mol. The summed E-state index contributed by atoms with van der Waals surface area (Å²) in [5, 5.41) is 20.4. The summed E-state index contributed by atoms with van der Waals surface area (Å²) in [4.78, 5) is 28.9. The molecule has 5 rings (SSSR count). The summed E-state index contributed by atoms with van der Waals surface area (Å²) in [7, 11) is 0. The van der Waals surface area contributed by atoms with Crippen molar-refractivity contribution in [3.05, 3.63) is 94.8 Å². The van der Waals surface area contributed by atoms with E-state index in [2.05, 4.69) is 24.0 Å². The summed E-state index contributed by atoms with van der Waals surface area (Å²) in [6.07, 6.45) is 4.90. The number of thioether (sulfide) groups is 1. The van der Waals surface area contributed by atoms with Gasteiger partial charge in [0.2, 0.25) is 5.13 Å². The second kappa shape index (κ2) is 17.3. The van der Waals surface area contributed by atoms with Crippen LogP contribution >= 0.6 is 23.1 Å². The summed E-state index contributed by atoms with van der Waals surface area (Å²) >= 11 is 2.54. The molecule has 1 saturated heterocycles. The third-order valence-electron chi connectivity index (χ3n) is 7.81. The summed E-state index contributed by atoms with van der Waals surface area (Å²) in [5.74, 6) is -0.170. The Bertz CT molecular complexity index is 1760. The summed E-state index contributed by atoms with van der Waals surface area (Å²) in [5.41, 5.74) is 1.70. The third kappa shape index (κ3) is 8.79. The Balaban J connectivity index is 1.52. The molecule has 0 aliphatic carbocycles. The molecule has 1 atom stereocenters. The number of anilines is 1. The highest BCUT2D eigenvalue weighted by atomic mass is 32.2. The van der Waals surface area contributed by atoms with E-state index < -0.39 is 17.7 Å². The van der Waals surface area contributed by atoms with E-state index in [1.54, 1.807) is 54.6 Å². The largest absolute Gasteiger partial charge is 0.507 e. The average Bonchev–Trinajstić information content (AvgIpc) is 3.68. The number of aromatic nitrogens is 2. The Morgan fingerprint density at radius 3 is 2.33 bits per heavy atom. The molecule has 1 N–H and O–H groups in total. The van der Waals surface area contributed by atoms with Crippen LogP contribution in [-0.4, -0.2) is 46.8 Å². The molecule has 258 valence electrons. The molecule has 0 radical (unpaired) electrons. The quantitative estimate of drug-likeness (QED) is 0.0288.